The number of halogens is 1. The molecule has 2 saturated carbocycles. The van der Waals surface area contributed by atoms with Crippen LogP contribution in [0.2, 0.25) is 5.02 Å². The molecule has 0 spiro atoms. The average molecular weight is 275 g/mol. The molecule has 1 aromatic rings. The summed E-state index contributed by atoms with van der Waals surface area (Å²) < 4.78 is 0. The number of nitrogens with zero attached hydrogens (tertiary/aromatic N) is 2. The second-order valence-corrected chi connectivity index (χ2v) is 6.50. The molecule has 1 aromatic carbocycles. The molecule has 100 valence electrons. The summed E-state index contributed by atoms with van der Waals surface area (Å²) in [5.74, 6) is 2.78. The first-order chi connectivity index (χ1) is 9.17. The molecule has 0 aromatic heterocycles. The van der Waals surface area contributed by atoms with Gasteiger partial charge in [0.15, 0.2) is 0 Å². The summed E-state index contributed by atoms with van der Waals surface area (Å²) in [6, 6.07) is 7.83. The molecule has 2 fully saturated rings. The first-order valence-corrected chi connectivity index (χ1v) is 7.46. The van der Waals surface area contributed by atoms with Crippen LogP contribution in [0, 0.1) is 29.1 Å². The van der Waals surface area contributed by atoms with Crippen LogP contribution in [0.25, 0.3) is 0 Å². The van der Waals surface area contributed by atoms with Crippen molar-refractivity contribution in [3.05, 3.63) is 28.8 Å². The van der Waals surface area contributed by atoms with Crippen molar-refractivity contribution >= 4 is 17.3 Å². The molecule has 0 aliphatic heterocycles. The van der Waals surface area contributed by atoms with Crippen molar-refractivity contribution in [2.45, 2.75) is 25.7 Å². The highest BCUT2D eigenvalue weighted by atomic mass is 35.5. The summed E-state index contributed by atoms with van der Waals surface area (Å²) in [6.45, 7) is 1.11. The quantitative estimate of drug-likeness (QED) is 0.830. The predicted octanol–water partition coefficient (Wildman–Crippen LogP) is 4.08. The lowest BCUT2D eigenvalue weighted by molar-refractivity contribution is 0.337. The van der Waals surface area contributed by atoms with Gasteiger partial charge in [-0.25, -0.2) is 0 Å². The van der Waals surface area contributed by atoms with Gasteiger partial charge in [-0.2, -0.15) is 5.26 Å². The zero-order valence-electron chi connectivity index (χ0n) is 11.3. The van der Waals surface area contributed by atoms with E-state index in [9.17, 15) is 0 Å². The molecule has 0 saturated heterocycles. The Bertz CT molecular complexity index is 520. The van der Waals surface area contributed by atoms with E-state index in [0.717, 1.165) is 30.0 Å². The third kappa shape index (κ3) is 2.44. The van der Waals surface area contributed by atoms with E-state index in [0.29, 0.717) is 10.6 Å². The van der Waals surface area contributed by atoms with E-state index < -0.39 is 0 Å². The molecule has 0 heterocycles. The van der Waals surface area contributed by atoms with Gasteiger partial charge in [-0.15, -0.1) is 0 Å². The van der Waals surface area contributed by atoms with Crippen molar-refractivity contribution < 1.29 is 0 Å². The van der Waals surface area contributed by atoms with Crippen LogP contribution < -0.4 is 4.90 Å². The molecule has 0 radical (unpaired) electrons. The largest absolute Gasteiger partial charge is 0.374 e. The molecule has 19 heavy (non-hydrogen) atoms. The van der Waals surface area contributed by atoms with Crippen LogP contribution in [-0.4, -0.2) is 13.6 Å². The van der Waals surface area contributed by atoms with Gasteiger partial charge in [0.1, 0.15) is 6.07 Å². The van der Waals surface area contributed by atoms with Crippen LogP contribution in [0.1, 0.15) is 31.2 Å². The molecule has 3 heteroatoms. The molecular formula is C16H19ClN2. The van der Waals surface area contributed by atoms with Crippen molar-refractivity contribution in [3.63, 3.8) is 0 Å². The Kier molecular flexibility index (Phi) is 3.41. The molecule has 0 amide bonds. The third-order valence-electron chi connectivity index (χ3n) is 4.91. The van der Waals surface area contributed by atoms with Gasteiger partial charge in [0.05, 0.1) is 10.6 Å². The topological polar surface area (TPSA) is 27.0 Å². The Morgan fingerprint density at radius 3 is 2.79 bits per heavy atom. The Labute approximate surface area is 120 Å². The van der Waals surface area contributed by atoms with Gasteiger partial charge in [-0.1, -0.05) is 18.0 Å². The maximum absolute atomic E-state index is 8.90. The summed E-state index contributed by atoms with van der Waals surface area (Å²) in [4.78, 5) is 2.29. The normalized spacial score (nSPS) is 28.4. The van der Waals surface area contributed by atoms with E-state index in [2.05, 4.69) is 18.0 Å². The SMILES string of the molecule is CN(CC1CC2CCC1C2)c1ccc(C#N)c(Cl)c1. The highest BCUT2D eigenvalue weighted by molar-refractivity contribution is 6.32. The van der Waals surface area contributed by atoms with Crippen molar-refractivity contribution in [1.29, 1.82) is 5.26 Å². The van der Waals surface area contributed by atoms with Gasteiger partial charge in [0.2, 0.25) is 0 Å². The minimum Gasteiger partial charge on any atom is -0.374 e. The monoisotopic (exact) mass is 274 g/mol. The molecule has 3 rings (SSSR count). The van der Waals surface area contributed by atoms with Crippen LogP contribution >= 0.6 is 11.6 Å². The van der Waals surface area contributed by atoms with E-state index >= 15 is 0 Å². The van der Waals surface area contributed by atoms with Gasteiger partial charge in [-0.3, -0.25) is 0 Å². The molecule has 2 bridgehead atoms. The fourth-order valence-electron chi connectivity index (χ4n) is 3.89. The number of nitriles is 1. The Morgan fingerprint density at radius 1 is 1.37 bits per heavy atom. The van der Waals surface area contributed by atoms with Crippen LogP contribution in [-0.2, 0) is 0 Å². The van der Waals surface area contributed by atoms with E-state index in [-0.39, 0.29) is 0 Å². The summed E-state index contributed by atoms with van der Waals surface area (Å²) in [5.41, 5.74) is 1.67. The average Bonchev–Trinajstić information content (AvgIpc) is 3.00. The number of hydrogen-bond donors (Lipinski definition) is 0. The van der Waals surface area contributed by atoms with Crippen LogP contribution in [0.15, 0.2) is 18.2 Å². The molecule has 2 aliphatic rings. The lowest BCUT2D eigenvalue weighted by atomic mass is 9.88. The first-order valence-electron chi connectivity index (χ1n) is 7.08. The van der Waals surface area contributed by atoms with Crippen LogP contribution in [0.5, 0.6) is 0 Å². The summed E-state index contributed by atoms with van der Waals surface area (Å²) in [6.07, 6.45) is 5.73. The van der Waals surface area contributed by atoms with Gasteiger partial charge in [0.25, 0.3) is 0 Å². The van der Waals surface area contributed by atoms with Gasteiger partial charge >= 0.3 is 0 Å². The third-order valence-corrected chi connectivity index (χ3v) is 5.22. The van der Waals surface area contributed by atoms with Gasteiger partial charge < -0.3 is 4.90 Å². The van der Waals surface area contributed by atoms with E-state index in [1.54, 1.807) is 0 Å². The highest BCUT2D eigenvalue weighted by Crippen LogP contribution is 2.48. The number of rotatable bonds is 3. The Balaban J connectivity index is 1.69. The van der Waals surface area contributed by atoms with Crippen molar-refractivity contribution in [2.75, 3.05) is 18.5 Å². The maximum Gasteiger partial charge on any atom is 0.101 e. The standard InChI is InChI=1S/C16H19ClN2/c1-19(10-14-7-11-2-3-12(14)6-11)15-5-4-13(9-18)16(17)8-15/h4-5,8,11-12,14H,2-3,6-7,10H2,1H3. The van der Waals surface area contributed by atoms with Crippen molar-refractivity contribution in [2.24, 2.45) is 17.8 Å². The molecule has 2 nitrogen and oxygen atoms in total. The second kappa shape index (κ2) is 5.06. The summed E-state index contributed by atoms with van der Waals surface area (Å²) >= 11 is 6.10. The van der Waals surface area contributed by atoms with E-state index in [4.69, 9.17) is 16.9 Å². The lowest BCUT2D eigenvalue weighted by Gasteiger charge is -2.28. The molecule has 0 N–H and O–H groups in total. The number of fused-ring (bicyclic) bond motifs is 2. The Hall–Kier alpha value is -1.20. The Morgan fingerprint density at radius 2 is 2.21 bits per heavy atom. The molecule has 3 unspecified atom stereocenters. The highest BCUT2D eigenvalue weighted by Gasteiger charge is 2.39. The fourth-order valence-corrected chi connectivity index (χ4v) is 4.11. The predicted molar refractivity (Wildman–Crippen MR) is 78.4 cm³/mol. The maximum atomic E-state index is 8.90. The molecular weight excluding hydrogens is 256 g/mol. The number of benzene rings is 1. The van der Waals surface area contributed by atoms with Gasteiger partial charge in [0, 0.05) is 19.3 Å². The van der Waals surface area contributed by atoms with Crippen molar-refractivity contribution in [1.82, 2.24) is 0 Å². The minimum absolute atomic E-state index is 0.554. The number of anilines is 1. The zero-order valence-corrected chi connectivity index (χ0v) is 12.0. The number of hydrogen-bond acceptors (Lipinski definition) is 2. The van der Waals surface area contributed by atoms with E-state index in [1.807, 2.05) is 18.2 Å². The summed E-state index contributed by atoms with van der Waals surface area (Å²) in [5, 5.41) is 9.46. The lowest BCUT2D eigenvalue weighted by Crippen LogP contribution is -2.28. The van der Waals surface area contributed by atoms with Gasteiger partial charge in [-0.05, 0) is 55.2 Å². The van der Waals surface area contributed by atoms with Crippen LogP contribution in [0.3, 0.4) is 0 Å². The second-order valence-electron chi connectivity index (χ2n) is 6.09. The smallest absolute Gasteiger partial charge is 0.101 e. The van der Waals surface area contributed by atoms with Crippen LogP contribution in [0.4, 0.5) is 5.69 Å². The molecule has 2 aliphatic carbocycles. The first kappa shape index (κ1) is 12.8. The zero-order chi connectivity index (χ0) is 13.4. The van der Waals surface area contributed by atoms with Crippen molar-refractivity contribution in [3.8, 4) is 6.07 Å². The summed E-state index contributed by atoms with van der Waals surface area (Å²) in [7, 11) is 2.13. The minimum atomic E-state index is 0.554. The fraction of sp³-hybridized carbons (Fsp3) is 0.562. The van der Waals surface area contributed by atoms with E-state index in [1.165, 1.54) is 25.7 Å². The molecule has 3 atom stereocenters.